The van der Waals surface area contributed by atoms with Gasteiger partial charge in [-0.05, 0) is 43.3 Å². The molecule has 0 aliphatic carbocycles. The molecule has 0 saturated heterocycles. The lowest BCUT2D eigenvalue weighted by Gasteiger charge is -2.13. The Morgan fingerprint density at radius 1 is 1.05 bits per heavy atom. The molecular formula is C25H22F3N7O2. The second kappa shape index (κ2) is 9.45. The number of aryl methyl sites for hydroxylation is 1. The lowest BCUT2D eigenvalue weighted by Crippen LogP contribution is -2.11. The fraction of sp³-hybridized carbons (Fsp3) is 0.200. The van der Waals surface area contributed by atoms with Crippen LogP contribution in [0, 0.1) is 6.92 Å². The summed E-state index contributed by atoms with van der Waals surface area (Å²) >= 11 is 0. The Balaban J connectivity index is 1.49. The molecule has 9 nitrogen and oxygen atoms in total. The number of rotatable bonds is 7. The van der Waals surface area contributed by atoms with Gasteiger partial charge in [0.1, 0.15) is 12.4 Å². The minimum absolute atomic E-state index is 0.204. The van der Waals surface area contributed by atoms with Crippen molar-refractivity contribution in [2.24, 2.45) is 0 Å². The molecule has 37 heavy (non-hydrogen) atoms. The molecule has 4 aromatic heterocycles. The number of aromatic nitrogens is 6. The minimum Gasteiger partial charge on any atom is -0.493 e. The highest BCUT2D eigenvalue weighted by Gasteiger charge is 2.34. The second-order valence-electron chi connectivity index (χ2n) is 8.20. The van der Waals surface area contributed by atoms with Gasteiger partial charge in [-0.1, -0.05) is 0 Å². The first-order valence-electron chi connectivity index (χ1n) is 11.2. The van der Waals surface area contributed by atoms with Crippen LogP contribution in [0.15, 0.2) is 61.3 Å². The van der Waals surface area contributed by atoms with Crippen LogP contribution in [0.5, 0.6) is 11.5 Å². The molecule has 0 aliphatic rings. The van der Waals surface area contributed by atoms with E-state index in [1.807, 2.05) is 16.8 Å². The number of alkyl halides is 3. The van der Waals surface area contributed by atoms with Gasteiger partial charge in [0, 0.05) is 29.7 Å². The predicted octanol–water partition coefficient (Wildman–Crippen LogP) is 4.65. The number of benzene rings is 1. The van der Waals surface area contributed by atoms with Crippen LogP contribution in [0.25, 0.3) is 28.2 Å². The Morgan fingerprint density at radius 3 is 2.62 bits per heavy atom. The fourth-order valence-corrected chi connectivity index (χ4v) is 3.99. The van der Waals surface area contributed by atoms with Crippen molar-refractivity contribution in [3.05, 3.63) is 72.6 Å². The maximum absolute atomic E-state index is 13.4. The summed E-state index contributed by atoms with van der Waals surface area (Å²) in [7, 11) is 1.54. The summed E-state index contributed by atoms with van der Waals surface area (Å²) in [6.07, 6.45) is 1.91. The molecule has 0 amide bonds. The van der Waals surface area contributed by atoms with E-state index in [0.29, 0.717) is 47.4 Å². The van der Waals surface area contributed by atoms with Gasteiger partial charge < -0.3 is 19.8 Å². The van der Waals surface area contributed by atoms with Crippen molar-refractivity contribution in [2.75, 3.05) is 19.5 Å². The first-order valence-corrected chi connectivity index (χ1v) is 11.2. The van der Waals surface area contributed by atoms with Crippen molar-refractivity contribution in [1.82, 2.24) is 29.1 Å². The molecule has 2 N–H and O–H groups in total. The van der Waals surface area contributed by atoms with Crippen LogP contribution in [-0.2, 0) is 12.7 Å². The standard InChI is InChI=1S/C25H22F3N7O2/c1-15-23(17-11-18(25(26,27)28)24(29)31-13-17)35-22(32-15)6-4-19(33-35)16-3-5-20(21(12-16)36-2)37-10-9-34-8-7-30-14-34/h3-8,11-14H,9-10H2,1-2H3,(H2,29,31). The smallest absolute Gasteiger partial charge is 0.419 e. The van der Waals surface area contributed by atoms with Gasteiger partial charge in [0.15, 0.2) is 17.1 Å². The molecule has 0 fully saturated rings. The number of anilines is 1. The number of ether oxygens (including phenoxy) is 2. The number of nitrogen functional groups attached to an aromatic ring is 1. The van der Waals surface area contributed by atoms with Gasteiger partial charge in [-0.3, -0.25) is 0 Å². The van der Waals surface area contributed by atoms with Crippen molar-refractivity contribution in [2.45, 2.75) is 19.6 Å². The van der Waals surface area contributed by atoms with E-state index in [4.69, 9.17) is 15.2 Å². The number of nitrogens with zero attached hydrogens (tertiary/aromatic N) is 6. The number of imidazole rings is 2. The van der Waals surface area contributed by atoms with Crippen molar-refractivity contribution < 1.29 is 22.6 Å². The number of pyridine rings is 1. The average molecular weight is 509 g/mol. The molecule has 0 bridgehead atoms. The summed E-state index contributed by atoms with van der Waals surface area (Å²) in [6, 6.07) is 9.90. The van der Waals surface area contributed by atoms with E-state index in [-0.39, 0.29) is 5.56 Å². The normalized spacial score (nSPS) is 11.7. The summed E-state index contributed by atoms with van der Waals surface area (Å²) in [5, 5.41) is 4.67. The van der Waals surface area contributed by atoms with Crippen LogP contribution in [0.4, 0.5) is 19.0 Å². The Morgan fingerprint density at radius 2 is 1.89 bits per heavy atom. The largest absolute Gasteiger partial charge is 0.493 e. The molecule has 0 saturated carbocycles. The van der Waals surface area contributed by atoms with Crippen LogP contribution >= 0.6 is 0 Å². The summed E-state index contributed by atoms with van der Waals surface area (Å²) in [4.78, 5) is 12.2. The third-order valence-corrected chi connectivity index (χ3v) is 5.77. The number of hydrogen-bond acceptors (Lipinski definition) is 7. The summed E-state index contributed by atoms with van der Waals surface area (Å²) < 4.78 is 55.1. The quantitative estimate of drug-likeness (QED) is 0.340. The third kappa shape index (κ3) is 4.77. The van der Waals surface area contributed by atoms with Crippen molar-refractivity contribution >= 4 is 11.5 Å². The zero-order valence-electron chi connectivity index (χ0n) is 19.9. The Kier molecular flexibility index (Phi) is 6.15. The summed E-state index contributed by atoms with van der Waals surface area (Å²) in [6.45, 7) is 2.75. The highest BCUT2D eigenvalue weighted by Crippen LogP contribution is 2.36. The Labute approximate surface area is 209 Å². The number of fused-ring (bicyclic) bond motifs is 1. The lowest BCUT2D eigenvalue weighted by molar-refractivity contribution is -0.137. The van der Waals surface area contributed by atoms with E-state index in [2.05, 4.69) is 20.1 Å². The molecule has 0 atom stereocenters. The van der Waals surface area contributed by atoms with E-state index in [1.165, 1.54) is 10.7 Å². The molecule has 5 rings (SSSR count). The van der Waals surface area contributed by atoms with Gasteiger partial charge in [0.05, 0.1) is 42.6 Å². The van der Waals surface area contributed by atoms with Gasteiger partial charge in [-0.2, -0.15) is 18.3 Å². The number of methoxy groups -OCH3 is 1. The number of hydrogen-bond donors (Lipinski definition) is 1. The average Bonchev–Trinajstić information content (AvgIpc) is 3.50. The molecular weight excluding hydrogens is 487 g/mol. The minimum atomic E-state index is -4.64. The molecule has 0 spiro atoms. The molecule has 1 aromatic carbocycles. The van der Waals surface area contributed by atoms with Crippen LogP contribution in [-0.4, -0.2) is 42.8 Å². The molecule has 12 heteroatoms. The maximum atomic E-state index is 13.4. The third-order valence-electron chi connectivity index (χ3n) is 5.77. The predicted molar refractivity (Wildman–Crippen MR) is 130 cm³/mol. The van der Waals surface area contributed by atoms with Crippen molar-refractivity contribution in [3.8, 4) is 34.0 Å². The SMILES string of the molecule is COc1cc(-c2ccc3nc(C)c(-c4cnc(N)c(C(F)(F)F)c4)n3n2)ccc1OCCn1ccnc1. The number of nitrogens with two attached hydrogens (primary N) is 1. The van der Waals surface area contributed by atoms with Gasteiger partial charge in [-0.15, -0.1) is 0 Å². The monoisotopic (exact) mass is 509 g/mol. The molecule has 190 valence electrons. The van der Waals surface area contributed by atoms with E-state index in [1.54, 1.807) is 50.8 Å². The van der Waals surface area contributed by atoms with E-state index in [0.717, 1.165) is 11.6 Å². The topological polar surface area (TPSA) is 105 Å². The van der Waals surface area contributed by atoms with Crippen molar-refractivity contribution in [3.63, 3.8) is 0 Å². The van der Waals surface area contributed by atoms with Crippen molar-refractivity contribution in [1.29, 1.82) is 0 Å². The summed E-state index contributed by atoms with van der Waals surface area (Å²) in [5.74, 6) is 0.500. The lowest BCUT2D eigenvalue weighted by atomic mass is 10.1. The van der Waals surface area contributed by atoms with Crippen LogP contribution < -0.4 is 15.2 Å². The van der Waals surface area contributed by atoms with E-state index >= 15 is 0 Å². The maximum Gasteiger partial charge on any atom is 0.419 e. The molecule has 0 unspecified atom stereocenters. The van der Waals surface area contributed by atoms with E-state index in [9.17, 15) is 13.2 Å². The van der Waals surface area contributed by atoms with Gasteiger partial charge in [-0.25, -0.2) is 19.5 Å². The van der Waals surface area contributed by atoms with Gasteiger partial charge in [0.2, 0.25) is 0 Å². The van der Waals surface area contributed by atoms with E-state index < -0.39 is 17.6 Å². The first kappa shape index (κ1) is 24.1. The molecule has 0 aliphatic heterocycles. The summed E-state index contributed by atoms with van der Waals surface area (Å²) in [5.41, 5.74) is 7.34. The molecule has 5 aromatic rings. The first-order chi connectivity index (χ1) is 17.7. The highest BCUT2D eigenvalue weighted by molar-refractivity contribution is 5.70. The Hall–Kier alpha value is -4.61. The zero-order chi connectivity index (χ0) is 26.2. The van der Waals surface area contributed by atoms with Gasteiger partial charge >= 0.3 is 6.18 Å². The zero-order valence-corrected chi connectivity index (χ0v) is 19.9. The van der Waals surface area contributed by atoms with Crippen LogP contribution in [0.2, 0.25) is 0 Å². The van der Waals surface area contributed by atoms with Gasteiger partial charge in [0.25, 0.3) is 0 Å². The number of halogens is 3. The molecule has 0 radical (unpaired) electrons. The van der Waals surface area contributed by atoms with Crippen LogP contribution in [0.1, 0.15) is 11.3 Å². The highest BCUT2D eigenvalue weighted by atomic mass is 19.4. The fourth-order valence-electron chi connectivity index (χ4n) is 3.99. The van der Waals surface area contributed by atoms with Crippen LogP contribution in [0.3, 0.4) is 0 Å². The Bertz CT molecular complexity index is 1560. The molecule has 4 heterocycles. The second-order valence-corrected chi connectivity index (χ2v) is 8.20.